The lowest BCUT2D eigenvalue weighted by Gasteiger charge is -2.27. The third-order valence-corrected chi connectivity index (χ3v) is 4.22. The Morgan fingerprint density at radius 2 is 2.28 bits per heavy atom. The number of benzene rings is 1. The third-order valence-electron chi connectivity index (χ3n) is 3.73. The van der Waals surface area contributed by atoms with Gasteiger partial charge in [-0.25, -0.2) is 0 Å². The number of rotatable bonds is 3. The molecule has 0 aliphatic heterocycles. The van der Waals surface area contributed by atoms with Crippen LogP contribution in [0.4, 0.5) is 5.69 Å². The Morgan fingerprint density at radius 1 is 1.44 bits per heavy atom. The summed E-state index contributed by atoms with van der Waals surface area (Å²) in [6.45, 7) is 3.32. The fourth-order valence-corrected chi connectivity index (χ4v) is 3.12. The van der Waals surface area contributed by atoms with Crippen LogP contribution >= 0.6 is 15.9 Å². The smallest absolute Gasteiger partial charge is 0.101 e. The van der Waals surface area contributed by atoms with Crippen LogP contribution in [0.1, 0.15) is 38.2 Å². The highest BCUT2D eigenvalue weighted by Gasteiger charge is 2.18. The maximum absolute atomic E-state index is 9.08. The van der Waals surface area contributed by atoms with Crippen molar-refractivity contribution in [3.8, 4) is 6.07 Å². The molecule has 18 heavy (non-hydrogen) atoms. The predicted molar refractivity (Wildman–Crippen MR) is 78.5 cm³/mol. The van der Waals surface area contributed by atoms with Crippen molar-refractivity contribution in [3.05, 3.63) is 28.2 Å². The van der Waals surface area contributed by atoms with Crippen molar-refractivity contribution in [1.29, 1.82) is 5.26 Å². The normalized spacial score (nSPS) is 23.4. The van der Waals surface area contributed by atoms with Crippen LogP contribution in [0.5, 0.6) is 0 Å². The number of anilines is 1. The number of hydrogen-bond acceptors (Lipinski definition) is 2. The minimum Gasteiger partial charge on any atom is -0.384 e. The number of nitrogens with zero attached hydrogens (tertiary/aromatic N) is 1. The Kier molecular flexibility index (Phi) is 4.66. The molecule has 1 aromatic carbocycles. The maximum atomic E-state index is 9.08. The quantitative estimate of drug-likeness (QED) is 0.888. The third kappa shape index (κ3) is 3.49. The first-order chi connectivity index (χ1) is 8.69. The molecule has 0 aromatic heterocycles. The van der Waals surface area contributed by atoms with Crippen molar-refractivity contribution >= 4 is 21.6 Å². The van der Waals surface area contributed by atoms with Gasteiger partial charge in [0.05, 0.1) is 11.3 Å². The molecular formula is C15H19BrN2. The highest BCUT2D eigenvalue weighted by molar-refractivity contribution is 9.10. The van der Waals surface area contributed by atoms with Gasteiger partial charge in [-0.05, 0) is 42.9 Å². The van der Waals surface area contributed by atoms with Gasteiger partial charge >= 0.3 is 0 Å². The monoisotopic (exact) mass is 306 g/mol. The standard InChI is InChI=1S/C15H19BrN2/c1-11-3-2-4-12(7-11)10-18-15-8-14(16)6-5-13(15)9-17/h5-6,8,11-12,18H,2-4,7,10H2,1H3. The molecule has 1 aromatic rings. The second kappa shape index (κ2) is 6.24. The average molecular weight is 307 g/mol. The summed E-state index contributed by atoms with van der Waals surface area (Å²) in [6, 6.07) is 7.99. The van der Waals surface area contributed by atoms with Crippen molar-refractivity contribution in [2.75, 3.05) is 11.9 Å². The molecule has 2 atom stereocenters. The van der Waals surface area contributed by atoms with E-state index in [1.807, 2.05) is 18.2 Å². The van der Waals surface area contributed by atoms with Crippen molar-refractivity contribution in [2.45, 2.75) is 32.6 Å². The molecule has 2 unspecified atom stereocenters. The van der Waals surface area contributed by atoms with Crippen LogP contribution < -0.4 is 5.32 Å². The lowest BCUT2D eigenvalue weighted by atomic mass is 9.82. The minimum absolute atomic E-state index is 0.724. The zero-order chi connectivity index (χ0) is 13.0. The molecule has 0 saturated heterocycles. The lowest BCUT2D eigenvalue weighted by Crippen LogP contribution is -2.21. The topological polar surface area (TPSA) is 35.8 Å². The van der Waals surface area contributed by atoms with E-state index in [0.29, 0.717) is 0 Å². The molecule has 1 fully saturated rings. The molecule has 0 amide bonds. The zero-order valence-electron chi connectivity index (χ0n) is 10.7. The van der Waals surface area contributed by atoms with E-state index in [9.17, 15) is 0 Å². The van der Waals surface area contributed by atoms with Gasteiger partial charge in [0.15, 0.2) is 0 Å². The number of halogens is 1. The van der Waals surface area contributed by atoms with Gasteiger partial charge in [0.2, 0.25) is 0 Å². The molecule has 0 radical (unpaired) electrons. The van der Waals surface area contributed by atoms with E-state index in [1.54, 1.807) is 0 Å². The second-order valence-corrected chi connectivity index (χ2v) is 6.24. The first-order valence-electron chi connectivity index (χ1n) is 6.62. The van der Waals surface area contributed by atoms with Gasteiger partial charge < -0.3 is 5.32 Å². The van der Waals surface area contributed by atoms with Crippen LogP contribution in [-0.2, 0) is 0 Å². The molecule has 0 spiro atoms. The second-order valence-electron chi connectivity index (χ2n) is 5.32. The van der Waals surface area contributed by atoms with E-state index in [1.165, 1.54) is 25.7 Å². The molecule has 96 valence electrons. The Balaban J connectivity index is 1.97. The first kappa shape index (κ1) is 13.4. The van der Waals surface area contributed by atoms with E-state index in [4.69, 9.17) is 5.26 Å². The molecule has 0 heterocycles. The van der Waals surface area contributed by atoms with Gasteiger partial charge in [-0.1, -0.05) is 35.7 Å². The average Bonchev–Trinajstić information content (AvgIpc) is 2.37. The van der Waals surface area contributed by atoms with Gasteiger partial charge in [0.25, 0.3) is 0 Å². The van der Waals surface area contributed by atoms with E-state index in [-0.39, 0.29) is 0 Å². The number of nitriles is 1. The summed E-state index contributed by atoms with van der Waals surface area (Å²) in [4.78, 5) is 0. The molecule has 1 aliphatic carbocycles. The van der Waals surface area contributed by atoms with Gasteiger partial charge in [-0.3, -0.25) is 0 Å². The summed E-state index contributed by atoms with van der Waals surface area (Å²) in [5, 5.41) is 12.5. The summed E-state index contributed by atoms with van der Waals surface area (Å²) >= 11 is 3.45. The summed E-state index contributed by atoms with van der Waals surface area (Å²) in [5.41, 5.74) is 1.67. The molecule has 2 nitrogen and oxygen atoms in total. The maximum Gasteiger partial charge on any atom is 0.101 e. The zero-order valence-corrected chi connectivity index (χ0v) is 12.3. The first-order valence-corrected chi connectivity index (χ1v) is 7.42. The van der Waals surface area contributed by atoms with Gasteiger partial charge in [0, 0.05) is 11.0 Å². The van der Waals surface area contributed by atoms with E-state index >= 15 is 0 Å². The highest BCUT2D eigenvalue weighted by Crippen LogP contribution is 2.29. The Labute approximate surface area is 118 Å². The molecule has 3 heteroatoms. The minimum atomic E-state index is 0.724. The SMILES string of the molecule is CC1CCCC(CNc2cc(Br)ccc2C#N)C1. The van der Waals surface area contributed by atoms with E-state index < -0.39 is 0 Å². The van der Waals surface area contributed by atoms with Crippen LogP contribution in [0, 0.1) is 23.2 Å². The van der Waals surface area contributed by atoms with Gasteiger partial charge in [0.1, 0.15) is 6.07 Å². The van der Waals surface area contributed by atoms with Gasteiger partial charge in [-0.15, -0.1) is 0 Å². The van der Waals surface area contributed by atoms with Crippen molar-refractivity contribution < 1.29 is 0 Å². The molecular weight excluding hydrogens is 288 g/mol. The Hall–Kier alpha value is -1.01. The number of nitrogens with one attached hydrogen (secondary N) is 1. The van der Waals surface area contributed by atoms with Crippen LogP contribution in [0.3, 0.4) is 0 Å². The Morgan fingerprint density at radius 3 is 3.00 bits per heavy atom. The van der Waals surface area contributed by atoms with Gasteiger partial charge in [-0.2, -0.15) is 5.26 Å². The Bertz CT molecular complexity index is 450. The van der Waals surface area contributed by atoms with Crippen molar-refractivity contribution in [3.63, 3.8) is 0 Å². The van der Waals surface area contributed by atoms with E-state index in [2.05, 4.69) is 34.2 Å². The largest absolute Gasteiger partial charge is 0.384 e. The highest BCUT2D eigenvalue weighted by atomic mass is 79.9. The number of hydrogen-bond donors (Lipinski definition) is 1. The summed E-state index contributed by atoms with van der Waals surface area (Å²) < 4.78 is 1.01. The van der Waals surface area contributed by atoms with Crippen molar-refractivity contribution in [1.82, 2.24) is 0 Å². The fourth-order valence-electron chi connectivity index (χ4n) is 2.76. The summed E-state index contributed by atoms with van der Waals surface area (Å²) in [5.74, 6) is 1.60. The molecule has 2 rings (SSSR count). The fraction of sp³-hybridized carbons (Fsp3) is 0.533. The summed E-state index contributed by atoms with van der Waals surface area (Å²) in [7, 11) is 0. The van der Waals surface area contributed by atoms with Crippen LogP contribution in [0.25, 0.3) is 0 Å². The molecule has 1 aliphatic rings. The van der Waals surface area contributed by atoms with Crippen LogP contribution in [-0.4, -0.2) is 6.54 Å². The predicted octanol–water partition coefficient (Wildman–Crippen LogP) is 4.56. The van der Waals surface area contributed by atoms with E-state index in [0.717, 1.165) is 34.1 Å². The lowest BCUT2D eigenvalue weighted by molar-refractivity contribution is 0.293. The molecule has 0 bridgehead atoms. The summed E-state index contributed by atoms with van der Waals surface area (Å²) in [6.07, 6.45) is 5.34. The van der Waals surface area contributed by atoms with Crippen LogP contribution in [0.15, 0.2) is 22.7 Å². The van der Waals surface area contributed by atoms with Crippen LogP contribution in [0.2, 0.25) is 0 Å². The molecule has 1 saturated carbocycles. The van der Waals surface area contributed by atoms with Crippen molar-refractivity contribution in [2.24, 2.45) is 11.8 Å². The molecule has 1 N–H and O–H groups in total.